The maximum absolute atomic E-state index is 13.1. The monoisotopic (exact) mass is 392 g/mol. The highest BCUT2D eigenvalue weighted by Crippen LogP contribution is 2.45. The number of rotatable bonds is 4. The first-order valence-corrected chi connectivity index (χ1v) is 8.98. The van der Waals surface area contributed by atoms with Crippen LogP contribution in [0.4, 0.5) is 5.69 Å². The van der Waals surface area contributed by atoms with E-state index in [0.717, 1.165) is 10.8 Å². The van der Waals surface area contributed by atoms with E-state index in [2.05, 4.69) is 4.98 Å². The number of nitro benzene ring substituents is 1. The number of phenols is 2. The summed E-state index contributed by atoms with van der Waals surface area (Å²) < 4.78 is 0.825. The van der Waals surface area contributed by atoms with Crippen molar-refractivity contribution in [2.75, 3.05) is 0 Å². The van der Waals surface area contributed by atoms with E-state index < -0.39 is 27.9 Å². The molecule has 7 nitrogen and oxygen atoms in total. The highest BCUT2D eigenvalue weighted by Gasteiger charge is 2.33. The maximum Gasteiger partial charge on any atom is 0.326 e. The molecule has 0 aliphatic heterocycles. The van der Waals surface area contributed by atoms with Gasteiger partial charge in [-0.3, -0.25) is 14.9 Å². The van der Waals surface area contributed by atoms with Crippen molar-refractivity contribution in [1.29, 1.82) is 0 Å². The Morgan fingerprint density at radius 2 is 1.71 bits per heavy atom. The number of nitro groups is 1. The molecule has 0 unspecified atom stereocenters. The van der Waals surface area contributed by atoms with E-state index in [1.807, 2.05) is 12.1 Å². The summed E-state index contributed by atoms with van der Waals surface area (Å²) in [6.07, 6.45) is 0. The third kappa shape index (κ3) is 2.85. The average Bonchev–Trinajstić information content (AvgIpc) is 3.13. The van der Waals surface area contributed by atoms with Crippen molar-refractivity contribution in [1.82, 2.24) is 4.98 Å². The molecule has 1 aromatic heterocycles. The Hall–Kier alpha value is -3.78. The number of phenolic OH excluding ortho intramolecular Hbond substituents is 2. The van der Waals surface area contributed by atoms with Gasteiger partial charge >= 0.3 is 5.69 Å². The molecule has 1 heterocycles. The Kier molecular flexibility index (Phi) is 4.25. The highest BCUT2D eigenvalue weighted by molar-refractivity contribution is 7.21. The van der Waals surface area contributed by atoms with Crippen LogP contribution in [0.1, 0.15) is 15.9 Å². The van der Waals surface area contributed by atoms with Crippen molar-refractivity contribution in [2.24, 2.45) is 0 Å². The van der Waals surface area contributed by atoms with Gasteiger partial charge in [-0.25, -0.2) is 4.98 Å². The van der Waals surface area contributed by atoms with Crippen molar-refractivity contribution < 1.29 is 19.9 Å². The topological polar surface area (TPSA) is 114 Å². The van der Waals surface area contributed by atoms with Gasteiger partial charge in [-0.2, -0.15) is 0 Å². The molecule has 0 amide bonds. The van der Waals surface area contributed by atoms with E-state index in [9.17, 15) is 25.1 Å². The van der Waals surface area contributed by atoms with Crippen LogP contribution in [0.2, 0.25) is 0 Å². The van der Waals surface area contributed by atoms with E-state index in [0.29, 0.717) is 10.5 Å². The second-order valence-electron chi connectivity index (χ2n) is 5.95. The predicted molar refractivity (Wildman–Crippen MR) is 105 cm³/mol. The maximum atomic E-state index is 13.1. The number of thiazole rings is 1. The molecule has 0 aliphatic carbocycles. The van der Waals surface area contributed by atoms with Crippen LogP contribution in [-0.2, 0) is 0 Å². The SMILES string of the molecule is O=C(c1ccccc1)c1c(-c2nc3ccccc3s2)cc(O)c(O)c1[N+](=O)[O-]. The number of hydrogen-bond donors (Lipinski definition) is 2. The highest BCUT2D eigenvalue weighted by atomic mass is 32.1. The number of carbonyl (C=O) groups excluding carboxylic acids is 1. The summed E-state index contributed by atoms with van der Waals surface area (Å²) in [5.41, 5.74) is -0.181. The molecule has 2 N–H and O–H groups in total. The first-order chi connectivity index (χ1) is 13.5. The predicted octanol–water partition coefficient (Wildman–Crippen LogP) is 4.51. The van der Waals surface area contributed by atoms with Gasteiger partial charge in [0.05, 0.1) is 15.1 Å². The van der Waals surface area contributed by atoms with E-state index in [-0.39, 0.29) is 16.7 Å². The number of aromatic hydroxyl groups is 2. The van der Waals surface area contributed by atoms with Gasteiger partial charge in [-0.1, -0.05) is 42.5 Å². The fourth-order valence-corrected chi connectivity index (χ4v) is 3.93. The van der Waals surface area contributed by atoms with Crippen molar-refractivity contribution in [3.8, 4) is 22.1 Å². The number of benzene rings is 3. The number of ketones is 1. The third-order valence-electron chi connectivity index (χ3n) is 4.22. The van der Waals surface area contributed by atoms with Crippen LogP contribution < -0.4 is 0 Å². The molecule has 0 radical (unpaired) electrons. The van der Waals surface area contributed by atoms with Gasteiger partial charge < -0.3 is 10.2 Å². The van der Waals surface area contributed by atoms with Crippen molar-refractivity contribution in [2.45, 2.75) is 0 Å². The molecule has 3 aromatic carbocycles. The quantitative estimate of drug-likeness (QED) is 0.229. The van der Waals surface area contributed by atoms with Crippen LogP contribution in [0.15, 0.2) is 60.7 Å². The second-order valence-corrected chi connectivity index (χ2v) is 6.99. The minimum atomic E-state index is -0.950. The summed E-state index contributed by atoms with van der Waals surface area (Å²) in [6, 6.07) is 16.4. The lowest BCUT2D eigenvalue weighted by molar-refractivity contribution is -0.386. The molecule has 28 heavy (non-hydrogen) atoms. The Morgan fingerprint density at radius 1 is 1.04 bits per heavy atom. The first-order valence-electron chi connectivity index (χ1n) is 8.16. The molecule has 4 aromatic rings. The van der Waals surface area contributed by atoms with Crippen molar-refractivity contribution >= 4 is 33.0 Å². The van der Waals surface area contributed by atoms with Gasteiger partial charge in [-0.05, 0) is 18.2 Å². The standard InChI is InChI=1S/C20H12N2O5S/c23-14-10-12(20-21-13-8-4-5-9-15(13)28-20)16(17(19(14)25)22(26)27)18(24)11-6-2-1-3-7-11/h1-10,23,25H. The smallest absolute Gasteiger partial charge is 0.326 e. The Morgan fingerprint density at radius 3 is 2.39 bits per heavy atom. The Labute approximate surface area is 162 Å². The zero-order valence-corrected chi connectivity index (χ0v) is 15.0. The molecule has 4 rings (SSSR count). The minimum Gasteiger partial charge on any atom is -0.504 e. The zero-order valence-electron chi connectivity index (χ0n) is 14.2. The summed E-state index contributed by atoms with van der Waals surface area (Å²) in [4.78, 5) is 28.3. The van der Waals surface area contributed by atoms with Crippen LogP contribution in [0.5, 0.6) is 11.5 Å². The van der Waals surface area contributed by atoms with E-state index in [4.69, 9.17) is 0 Å². The van der Waals surface area contributed by atoms with Gasteiger partial charge in [0.1, 0.15) is 10.6 Å². The van der Waals surface area contributed by atoms with Crippen molar-refractivity contribution in [3.63, 3.8) is 0 Å². The molecule has 0 atom stereocenters. The molecular formula is C20H12N2O5S. The first kappa shape index (κ1) is 17.6. The van der Waals surface area contributed by atoms with Crippen molar-refractivity contribution in [3.05, 3.63) is 81.9 Å². The van der Waals surface area contributed by atoms with Crippen LogP contribution in [-0.4, -0.2) is 25.9 Å². The van der Waals surface area contributed by atoms with E-state index in [1.165, 1.54) is 23.5 Å². The minimum absolute atomic E-state index is 0.0945. The number of fused-ring (bicyclic) bond motifs is 1. The summed E-state index contributed by atoms with van der Waals surface area (Å²) in [5.74, 6) is -2.28. The van der Waals surface area contributed by atoms with E-state index >= 15 is 0 Å². The largest absolute Gasteiger partial charge is 0.504 e. The van der Waals surface area contributed by atoms with Gasteiger partial charge in [0, 0.05) is 11.1 Å². The molecule has 0 fully saturated rings. The number of para-hydroxylation sites is 1. The number of aromatic nitrogens is 1. The Bertz CT molecular complexity index is 1200. The van der Waals surface area contributed by atoms with Gasteiger partial charge in [0.25, 0.3) is 0 Å². The fourth-order valence-electron chi connectivity index (χ4n) is 2.94. The Balaban J connectivity index is 2.05. The molecule has 8 heteroatoms. The number of hydrogen-bond acceptors (Lipinski definition) is 7. The molecule has 138 valence electrons. The van der Waals surface area contributed by atoms with Gasteiger partial charge in [0.15, 0.2) is 5.75 Å². The summed E-state index contributed by atoms with van der Waals surface area (Å²) in [7, 11) is 0. The molecule has 0 spiro atoms. The summed E-state index contributed by atoms with van der Waals surface area (Å²) in [6.45, 7) is 0. The summed E-state index contributed by atoms with van der Waals surface area (Å²) in [5, 5.41) is 32.1. The molecule has 0 bridgehead atoms. The number of carbonyl (C=O) groups is 1. The van der Waals surface area contributed by atoms with Gasteiger partial charge in [-0.15, -0.1) is 11.3 Å². The van der Waals surface area contributed by atoms with Crippen LogP contribution in [0.25, 0.3) is 20.8 Å². The van der Waals surface area contributed by atoms with E-state index in [1.54, 1.807) is 30.3 Å². The molecule has 0 saturated carbocycles. The lowest BCUT2D eigenvalue weighted by Gasteiger charge is -2.10. The van der Waals surface area contributed by atoms with Crippen LogP contribution in [0.3, 0.4) is 0 Å². The summed E-state index contributed by atoms with van der Waals surface area (Å²) >= 11 is 1.23. The molecule has 0 aliphatic rings. The molecule has 0 saturated heterocycles. The fraction of sp³-hybridized carbons (Fsp3) is 0. The lowest BCUT2D eigenvalue weighted by atomic mass is 9.95. The second kappa shape index (κ2) is 6.75. The van der Waals surface area contributed by atoms with Gasteiger partial charge in [0.2, 0.25) is 11.5 Å². The normalized spacial score (nSPS) is 10.9. The third-order valence-corrected chi connectivity index (χ3v) is 5.29. The number of nitrogens with zero attached hydrogens (tertiary/aromatic N) is 2. The van der Waals surface area contributed by atoms with Crippen LogP contribution in [0, 0.1) is 10.1 Å². The zero-order chi connectivity index (χ0) is 19.8. The van der Waals surface area contributed by atoms with Crippen LogP contribution >= 0.6 is 11.3 Å². The average molecular weight is 392 g/mol. The lowest BCUT2D eigenvalue weighted by Crippen LogP contribution is -2.08. The molecular weight excluding hydrogens is 380 g/mol.